The van der Waals surface area contributed by atoms with Crippen LogP contribution in [0, 0.1) is 11.8 Å². The third-order valence-corrected chi connectivity index (χ3v) is 9.01. The Labute approximate surface area is 220 Å². The molecule has 0 unspecified atom stereocenters. The van der Waals surface area contributed by atoms with Crippen LogP contribution in [0.4, 0.5) is 0 Å². The predicted octanol–water partition coefficient (Wildman–Crippen LogP) is 7.35. The van der Waals surface area contributed by atoms with Gasteiger partial charge in [-0.1, -0.05) is 52.0 Å². The fraction of sp³-hybridized carbons (Fsp3) is 0.719. The highest BCUT2D eigenvalue weighted by atomic mass is 16.5. The number of hydrogen-bond acceptors (Lipinski definition) is 4. The van der Waals surface area contributed by atoms with E-state index in [1.54, 1.807) is 7.11 Å². The molecule has 0 bridgehead atoms. The first-order valence-electron chi connectivity index (χ1n) is 15.1. The fourth-order valence-corrected chi connectivity index (χ4v) is 6.70. The minimum Gasteiger partial charge on any atom is -0.481 e. The van der Waals surface area contributed by atoms with Crippen molar-refractivity contribution in [2.24, 2.45) is 11.8 Å². The quantitative estimate of drug-likeness (QED) is 0.296. The lowest BCUT2D eigenvalue weighted by Gasteiger charge is -2.38. The molecule has 3 heterocycles. The first-order chi connectivity index (χ1) is 17.7. The van der Waals surface area contributed by atoms with Gasteiger partial charge < -0.3 is 15.0 Å². The Bertz CT molecular complexity index is 923. The van der Waals surface area contributed by atoms with E-state index in [-0.39, 0.29) is 0 Å². The van der Waals surface area contributed by atoms with E-state index in [9.17, 15) is 0 Å². The molecule has 4 rings (SSSR count). The molecule has 1 aromatic carbocycles. The maximum atomic E-state index is 5.58. The highest BCUT2D eigenvalue weighted by Crippen LogP contribution is 2.33. The first-order valence-corrected chi connectivity index (χ1v) is 15.1. The first kappa shape index (κ1) is 27.4. The smallest absolute Gasteiger partial charge is 0.213 e. The van der Waals surface area contributed by atoms with Gasteiger partial charge in [-0.2, -0.15) is 0 Å². The van der Waals surface area contributed by atoms with Crippen LogP contribution in [0.3, 0.4) is 0 Å². The molecule has 0 aliphatic carbocycles. The number of aromatic nitrogens is 1. The minimum atomic E-state index is 0.674. The van der Waals surface area contributed by atoms with E-state index in [2.05, 4.69) is 48.3 Å². The molecule has 2 atom stereocenters. The van der Waals surface area contributed by atoms with Gasteiger partial charge >= 0.3 is 0 Å². The van der Waals surface area contributed by atoms with Crippen LogP contribution in [0.15, 0.2) is 24.3 Å². The summed E-state index contributed by atoms with van der Waals surface area (Å²) in [5, 5.41) is 4.85. The Morgan fingerprint density at radius 2 is 1.81 bits per heavy atom. The Morgan fingerprint density at radius 3 is 2.58 bits per heavy atom. The van der Waals surface area contributed by atoms with E-state index < -0.39 is 0 Å². The summed E-state index contributed by atoms with van der Waals surface area (Å²) in [4.78, 5) is 7.54. The molecule has 0 saturated carbocycles. The third-order valence-electron chi connectivity index (χ3n) is 9.01. The third kappa shape index (κ3) is 7.44. The van der Waals surface area contributed by atoms with Crippen LogP contribution < -0.4 is 10.1 Å². The zero-order valence-corrected chi connectivity index (χ0v) is 23.4. The second kappa shape index (κ2) is 14.3. The van der Waals surface area contributed by atoms with Crippen molar-refractivity contribution in [2.75, 3.05) is 39.8 Å². The molecular formula is C32H51N3O. The topological polar surface area (TPSA) is 37.4 Å². The van der Waals surface area contributed by atoms with Gasteiger partial charge in [0.25, 0.3) is 0 Å². The molecule has 0 radical (unpaired) electrons. The number of benzene rings is 1. The van der Waals surface area contributed by atoms with Crippen molar-refractivity contribution < 1.29 is 4.74 Å². The van der Waals surface area contributed by atoms with Crippen LogP contribution in [0.25, 0.3) is 10.9 Å². The predicted molar refractivity (Wildman–Crippen MR) is 153 cm³/mol. The standard InChI is InChI=1S/C32H51N3O/c1-4-6-7-8-9-20-35-21-17-26(25(5-2)24-35)11-10-12-29-23-32(36-3)34-31-14-13-28(22-30(29)31)27-15-18-33-19-16-27/h13-14,22-23,25-27,33H,4-12,15-21,24H2,1-3H3/t25-,26+/m0/s1. The van der Waals surface area contributed by atoms with Crippen molar-refractivity contribution in [3.05, 3.63) is 35.4 Å². The molecule has 1 N–H and O–H groups in total. The summed E-state index contributed by atoms with van der Waals surface area (Å²) >= 11 is 0. The molecule has 36 heavy (non-hydrogen) atoms. The molecule has 2 aliphatic heterocycles. The largest absolute Gasteiger partial charge is 0.481 e. The molecule has 0 amide bonds. The molecule has 2 saturated heterocycles. The summed E-state index contributed by atoms with van der Waals surface area (Å²) in [7, 11) is 1.74. The summed E-state index contributed by atoms with van der Waals surface area (Å²) in [6.07, 6.45) is 15.9. The summed E-state index contributed by atoms with van der Waals surface area (Å²) < 4.78 is 5.58. The van der Waals surface area contributed by atoms with E-state index in [0.29, 0.717) is 5.92 Å². The molecule has 0 spiro atoms. The summed E-state index contributed by atoms with van der Waals surface area (Å²) in [5.41, 5.74) is 4.00. The number of likely N-dealkylation sites (tertiary alicyclic amines) is 1. The number of hydrogen-bond donors (Lipinski definition) is 1. The molecular weight excluding hydrogens is 442 g/mol. The van der Waals surface area contributed by atoms with Crippen molar-refractivity contribution in [3.63, 3.8) is 0 Å². The maximum absolute atomic E-state index is 5.58. The molecule has 2 aromatic rings. The van der Waals surface area contributed by atoms with Crippen LogP contribution >= 0.6 is 0 Å². The zero-order chi connectivity index (χ0) is 25.2. The number of aryl methyl sites for hydroxylation is 1. The number of rotatable bonds is 13. The second-order valence-corrected chi connectivity index (χ2v) is 11.4. The van der Waals surface area contributed by atoms with Crippen LogP contribution in [0.1, 0.15) is 102 Å². The van der Waals surface area contributed by atoms with E-state index in [1.165, 1.54) is 107 Å². The van der Waals surface area contributed by atoms with E-state index in [0.717, 1.165) is 42.7 Å². The lowest BCUT2D eigenvalue weighted by molar-refractivity contribution is 0.108. The second-order valence-electron chi connectivity index (χ2n) is 11.4. The lowest BCUT2D eigenvalue weighted by Crippen LogP contribution is -2.40. The average molecular weight is 494 g/mol. The number of fused-ring (bicyclic) bond motifs is 1. The minimum absolute atomic E-state index is 0.674. The normalized spacial score (nSPS) is 21.8. The number of nitrogens with one attached hydrogen (secondary N) is 1. The molecule has 4 nitrogen and oxygen atoms in total. The van der Waals surface area contributed by atoms with Crippen molar-refractivity contribution in [3.8, 4) is 5.88 Å². The highest BCUT2D eigenvalue weighted by molar-refractivity contribution is 5.83. The van der Waals surface area contributed by atoms with E-state index in [1.807, 2.05) is 0 Å². The van der Waals surface area contributed by atoms with Crippen LogP contribution in [-0.4, -0.2) is 49.7 Å². The van der Waals surface area contributed by atoms with Crippen molar-refractivity contribution in [1.29, 1.82) is 0 Å². The van der Waals surface area contributed by atoms with Gasteiger partial charge in [0.2, 0.25) is 5.88 Å². The fourth-order valence-electron chi connectivity index (χ4n) is 6.70. The highest BCUT2D eigenvalue weighted by Gasteiger charge is 2.27. The van der Waals surface area contributed by atoms with Crippen molar-refractivity contribution in [1.82, 2.24) is 15.2 Å². The van der Waals surface area contributed by atoms with Gasteiger partial charge in [-0.3, -0.25) is 0 Å². The van der Waals surface area contributed by atoms with Gasteiger partial charge in [-0.25, -0.2) is 4.98 Å². The van der Waals surface area contributed by atoms with Crippen LogP contribution in [0.5, 0.6) is 5.88 Å². The summed E-state index contributed by atoms with van der Waals surface area (Å²) in [6.45, 7) is 10.9. The average Bonchev–Trinajstić information content (AvgIpc) is 2.93. The molecule has 1 aromatic heterocycles. The van der Waals surface area contributed by atoms with Gasteiger partial charge in [0.15, 0.2) is 0 Å². The summed E-state index contributed by atoms with van der Waals surface area (Å²) in [6, 6.07) is 9.18. The van der Waals surface area contributed by atoms with Gasteiger partial charge in [-0.05, 0) is 112 Å². The zero-order valence-electron chi connectivity index (χ0n) is 23.4. The SMILES string of the molecule is CCCCCCCN1CC[C@@H](CCCc2cc(OC)nc3ccc(C4CCNCC4)cc23)[C@@H](CC)C1. The Hall–Kier alpha value is -1.65. The summed E-state index contributed by atoms with van der Waals surface area (Å²) in [5.74, 6) is 3.18. The monoisotopic (exact) mass is 493 g/mol. The maximum Gasteiger partial charge on any atom is 0.213 e. The van der Waals surface area contributed by atoms with E-state index in [4.69, 9.17) is 9.72 Å². The van der Waals surface area contributed by atoms with Gasteiger partial charge in [0.05, 0.1) is 12.6 Å². The van der Waals surface area contributed by atoms with Crippen LogP contribution in [0.2, 0.25) is 0 Å². The Kier molecular flexibility index (Phi) is 10.9. The molecule has 4 heteroatoms. The van der Waals surface area contributed by atoms with Gasteiger partial charge in [-0.15, -0.1) is 0 Å². The van der Waals surface area contributed by atoms with Crippen molar-refractivity contribution >= 4 is 10.9 Å². The number of ether oxygens (including phenoxy) is 1. The molecule has 2 aliphatic rings. The Morgan fingerprint density at radius 1 is 0.972 bits per heavy atom. The number of nitrogens with zero attached hydrogens (tertiary/aromatic N) is 2. The molecule has 200 valence electrons. The van der Waals surface area contributed by atoms with Gasteiger partial charge in [0, 0.05) is 18.0 Å². The Balaban J connectivity index is 1.35. The van der Waals surface area contributed by atoms with E-state index >= 15 is 0 Å². The number of pyridine rings is 1. The molecule has 2 fully saturated rings. The number of methoxy groups -OCH3 is 1. The van der Waals surface area contributed by atoms with Crippen LogP contribution in [-0.2, 0) is 6.42 Å². The van der Waals surface area contributed by atoms with Crippen molar-refractivity contribution in [2.45, 2.75) is 96.8 Å². The van der Waals surface area contributed by atoms with Gasteiger partial charge in [0.1, 0.15) is 0 Å². The lowest BCUT2D eigenvalue weighted by atomic mass is 9.80. The number of unbranched alkanes of at least 4 members (excludes halogenated alkanes) is 4. The number of piperidine rings is 2.